The summed E-state index contributed by atoms with van der Waals surface area (Å²) in [7, 11) is 3.77. The van der Waals surface area contributed by atoms with E-state index < -0.39 is 5.92 Å². The number of halogens is 1. The summed E-state index contributed by atoms with van der Waals surface area (Å²) in [6.07, 6.45) is 0.708. The van der Waals surface area contributed by atoms with Crippen LogP contribution in [0.4, 0.5) is 15.9 Å². The van der Waals surface area contributed by atoms with Crippen molar-refractivity contribution in [1.82, 2.24) is 15.1 Å². The van der Waals surface area contributed by atoms with Gasteiger partial charge in [-0.25, -0.2) is 4.39 Å². The summed E-state index contributed by atoms with van der Waals surface area (Å²) in [6, 6.07) is 9.34. The highest BCUT2D eigenvalue weighted by molar-refractivity contribution is 6.00. The van der Waals surface area contributed by atoms with Gasteiger partial charge in [0.2, 0.25) is 17.7 Å². The van der Waals surface area contributed by atoms with Gasteiger partial charge in [-0.3, -0.25) is 9.59 Å². The predicted octanol–water partition coefficient (Wildman–Crippen LogP) is 1.71. The topological polar surface area (TPSA) is 78.9 Å². The quantitative estimate of drug-likeness (QED) is 0.743. The third kappa shape index (κ3) is 4.19. The van der Waals surface area contributed by atoms with Crippen molar-refractivity contribution in [2.75, 3.05) is 43.5 Å². The van der Waals surface area contributed by atoms with Gasteiger partial charge in [0.05, 0.1) is 12.5 Å². The lowest BCUT2D eigenvalue weighted by molar-refractivity contribution is -0.135. The monoisotopic (exact) mass is 413 g/mol. The number of likely N-dealkylation sites (tertiary alicyclic amines) is 1. The van der Waals surface area contributed by atoms with Crippen LogP contribution >= 0.6 is 0 Å². The van der Waals surface area contributed by atoms with E-state index in [9.17, 15) is 14.0 Å². The summed E-state index contributed by atoms with van der Waals surface area (Å²) < 4.78 is 19.0. The Hall–Kier alpha value is -3.23. The number of hydrogen-bond acceptors (Lipinski definition) is 6. The number of aromatic nitrogens is 2. The first-order chi connectivity index (χ1) is 14.4. The Kier molecular flexibility index (Phi) is 5.52. The first kappa shape index (κ1) is 20.1. The Labute approximate surface area is 174 Å². The van der Waals surface area contributed by atoms with E-state index in [0.717, 1.165) is 5.82 Å². The molecule has 9 heteroatoms. The SMILES string of the molecule is CN(C)c1ccc(OC2CCN(C(=O)C3CC(=O)N(c4ccc(F)cc4)C3)C2)nn1. The number of anilines is 2. The molecule has 2 aliphatic heterocycles. The lowest BCUT2D eigenvalue weighted by Gasteiger charge is -2.21. The van der Waals surface area contributed by atoms with Crippen LogP contribution in [0.3, 0.4) is 0 Å². The molecule has 0 aliphatic carbocycles. The lowest BCUT2D eigenvalue weighted by Crippen LogP contribution is -2.37. The van der Waals surface area contributed by atoms with Crippen LogP contribution in [-0.4, -0.2) is 66.7 Å². The fourth-order valence-electron chi connectivity index (χ4n) is 3.81. The summed E-state index contributed by atoms with van der Waals surface area (Å²) in [5.41, 5.74) is 0.610. The number of ether oxygens (including phenoxy) is 1. The molecule has 0 radical (unpaired) electrons. The van der Waals surface area contributed by atoms with Crippen molar-refractivity contribution in [2.45, 2.75) is 18.9 Å². The Morgan fingerprint density at radius 1 is 1.13 bits per heavy atom. The molecular formula is C21H24FN5O3. The number of hydrogen-bond donors (Lipinski definition) is 0. The largest absolute Gasteiger partial charge is 0.471 e. The van der Waals surface area contributed by atoms with Crippen LogP contribution in [0.2, 0.25) is 0 Å². The maximum atomic E-state index is 13.1. The minimum Gasteiger partial charge on any atom is -0.471 e. The van der Waals surface area contributed by atoms with Crippen LogP contribution in [0.25, 0.3) is 0 Å². The van der Waals surface area contributed by atoms with Crippen LogP contribution < -0.4 is 14.5 Å². The minimum atomic E-state index is -0.402. The fraction of sp³-hybridized carbons (Fsp3) is 0.429. The normalized spacial score (nSPS) is 21.2. The average molecular weight is 413 g/mol. The second kappa shape index (κ2) is 8.25. The summed E-state index contributed by atoms with van der Waals surface area (Å²) in [5, 5.41) is 8.17. The molecule has 30 heavy (non-hydrogen) atoms. The molecule has 1 aromatic carbocycles. The number of rotatable bonds is 5. The van der Waals surface area contributed by atoms with Crippen molar-refractivity contribution in [3.05, 3.63) is 42.2 Å². The highest BCUT2D eigenvalue weighted by Crippen LogP contribution is 2.28. The second-order valence-electron chi connectivity index (χ2n) is 7.82. The van der Waals surface area contributed by atoms with Crippen LogP contribution in [0, 0.1) is 11.7 Å². The van der Waals surface area contributed by atoms with Crippen molar-refractivity contribution < 1.29 is 18.7 Å². The number of carbonyl (C=O) groups excluding carboxylic acids is 2. The summed E-state index contributed by atoms with van der Waals surface area (Å²) in [5.74, 6) is 0.236. The third-order valence-electron chi connectivity index (χ3n) is 5.44. The molecule has 2 saturated heterocycles. The Balaban J connectivity index is 1.33. The Bertz CT molecular complexity index is 919. The highest BCUT2D eigenvalue weighted by Gasteiger charge is 2.39. The predicted molar refractivity (Wildman–Crippen MR) is 109 cm³/mol. The molecule has 1 aromatic heterocycles. The van der Waals surface area contributed by atoms with Gasteiger partial charge in [0.15, 0.2) is 5.82 Å². The molecule has 0 saturated carbocycles. The first-order valence-electron chi connectivity index (χ1n) is 9.93. The van der Waals surface area contributed by atoms with E-state index in [4.69, 9.17) is 4.74 Å². The maximum Gasteiger partial charge on any atom is 0.233 e. The van der Waals surface area contributed by atoms with Crippen molar-refractivity contribution in [3.8, 4) is 5.88 Å². The zero-order valence-corrected chi connectivity index (χ0v) is 17.0. The van der Waals surface area contributed by atoms with Crippen LogP contribution in [0.15, 0.2) is 36.4 Å². The van der Waals surface area contributed by atoms with Gasteiger partial charge in [-0.1, -0.05) is 0 Å². The smallest absolute Gasteiger partial charge is 0.233 e. The zero-order chi connectivity index (χ0) is 21.3. The minimum absolute atomic E-state index is 0.0481. The third-order valence-corrected chi connectivity index (χ3v) is 5.44. The first-order valence-corrected chi connectivity index (χ1v) is 9.93. The summed E-state index contributed by atoms with van der Waals surface area (Å²) >= 11 is 0. The van der Waals surface area contributed by atoms with Crippen LogP contribution in [-0.2, 0) is 9.59 Å². The number of carbonyl (C=O) groups is 2. The number of nitrogens with zero attached hydrogens (tertiary/aromatic N) is 5. The van der Waals surface area contributed by atoms with E-state index in [1.54, 1.807) is 28.0 Å². The van der Waals surface area contributed by atoms with E-state index in [2.05, 4.69) is 10.2 Å². The highest BCUT2D eigenvalue weighted by atomic mass is 19.1. The molecule has 2 fully saturated rings. The van der Waals surface area contributed by atoms with E-state index >= 15 is 0 Å². The van der Waals surface area contributed by atoms with Gasteiger partial charge in [0.1, 0.15) is 11.9 Å². The van der Waals surface area contributed by atoms with E-state index in [-0.39, 0.29) is 30.2 Å². The molecule has 2 unspecified atom stereocenters. The van der Waals surface area contributed by atoms with Gasteiger partial charge < -0.3 is 19.4 Å². The molecule has 4 rings (SSSR count). The van der Waals surface area contributed by atoms with Crippen LogP contribution in [0.1, 0.15) is 12.8 Å². The van der Waals surface area contributed by atoms with E-state index in [0.29, 0.717) is 37.6 Å². The molecule has 3 heterocycles. The molecule has 0 bridgehead atoms. The van der Waals surface area contributed by atoms with Gasteiger partial charge in [-0.2, -0.15) is 0 Å². The van der Waals surface area contributed by atoms with E-state index in [1.165, 1.54) is 12.1 Å². The van der Waals surface area contributed by atoms with Gasteiger partial charge >= 0.3 is 0 Å². The fourth-order valence-corrected chi connectivity index (χ4v) is 3.81. The summed E-state index contributed by atoms with van der Waals surface area (Å²) in [6.45, 7) is 1.34. The standard InChI is InChI=1S/C21H24FN5O3/c1-25(2)18-7-8-19(24-23-18)30-17-9-10-26(13-17)21(29)14-11-20(28)27(12-14)16-5-3-15(22)4-6-16/h3-8,14,17H,9-13H2,1-2H3. The summed E-state index contributed by atoms with van der Waals surface area (Å²) in [4.78, 5) is 30.5. The molecule has 2 amide bonds. The lowest BCUT2D eigenvalue weighted by atomic mass is 10.1. The second-order valence-corrected chi connectivity index (χ2v) is 7.82. The van der Waals surface area contributed by atoms with Crippen molar-refractivity contribution in [3.63, 3.8) is 0 Å². The maximum absolute atomic E-state index is 13.1. The van der Waals surface area contributed by atoms with Crippen LogP contribution in [0.5, 0.6) is 5.88 Å². The van der Waals surface area contributed by atoms with Gasteiger partial charge in [0.25, 0.3) is 0 Å². The van der Waals surface area contributed by atoms with Gasteiger partial charge in [0, 0.05) is 51.8 Å². The Morgan fingerprint density at radius 2 is 1.90 bits per heavy atom. The molecule has 2 aromatic rings. The molecule has 158 valence electrons. The zero-order valence-electron chi connectivity index (χ0n) is 17.0. The average Bonchev–Trinajstić information content (AvgIpc) is 3.35. The molecule has 8 nitrogen and oxygen atoms in total. The molecule has 0 N–H and O–H groups in total. The molecule has 0 spiro atoms. The van der Waals surface area contributed by atoms with Crippen molar-refractivity contribution >= 4 is 23.3 Å². The molecule has 2 atom stereocenters. The number of amides is 2. The van der Waals surface area contributed by atoms with Crippen molar-refractivity contribution in [2.24, 2.45) is 5.92 Å². The molecule has 2 aliphatic rings. The molecular weight excluding hydrogens is 389 g/mol. The van der Waals surface area contributed by atoms with Gasteiger partial charge in [-0.05, 0) is 30.3 Å². The number of benzene rings is 1. The Morgan fingerprint density at radius 3 is 2.57 bits per heavy atom. The van der Waals surface area contributed by atoms with Crippen molar-refractivity contribution in [1.29, 1.82) is 0 Å². The van der Waals surface area contributed by atoms with Gasteiger partial charge in [-0.15, -0.1) is 10.2 Å². The van der Waals surface area contributed by atoms with E-state index in [1.807, 2.05) is 25.1 Å².